The lowest BCUT2D eigenvalue weighted by molar-refractivity contribution is -0.150. The number of aliphatic carboxylic acids is 1. The maximum absolute atomic E-state index is 12.4. The topological polar surface area (TPSA) is 94.5 Å². The van der Waals surface area contributed by atoms with Crippen LogP contribution < -0.4 is 4.74 Å². The van der Waals surface area contributed by atoms with Crippen LogP contribution in [0.1, 0.15) is 45.6 Å². The minimum absolute atomic E-state index is 0.0529. The van der Waals surface area contributed by atoms with Crippen LogP contribution in [0.2, 0.25) is 0 Å². The number of halogens is 3. The van der Waals surface area contributed by atoms with Crippen molar-refractivity contribution >= 4 is 12.1 Å². The number of ether oxygens (including phenoxy) is 4. The number of amides is 1. The van der Waals surface area contributed by atoms with Gasteiger partial charge in [-0.1, -0.05) is 19.1 Å². The molecule has 0 saturated carbocycles. The van der Waals surface area contributed by atoms with Crippen molar-refractivity contribution in [2.45, 2.75) is 64.8 Å². The zero-order valence-corrected chi connectivity index (χ0v) is 20.5. The van der Waals surface area contributed by atoms with Crippen LogP contribution in [-0.4, -0.2) is 80.0 Å². The van der Waals surface area contributed by atoms with Crippen molar-refractivity contribution in [2.24, 2.45) is 0 Å². The molecule has 0 spiro atoms. The Hall–Kier alpha value is -2.53. The van der Waals surface area contributed by atoms with Gasteiger partial charge in [-0.15, -0.1) is 0 Å². The number of benzene rings is 1. The highest BCUT2D eigenvalue weighted by Crippen LogP contribution is 2.21. The molecule has 1 aromatic rings. The van der Waals surface area contributed by atoms with Gasteiger partial charge < -0.3 is 29.0 Å². The highest BCUT2D eigenvalue weighted by molar-refractivity contribution is 5.72. The van der Waals surface area contributed by atoms with E-state index in [9.17, 15) is 27.9 Å². The molecule has 1 amide bonds. The molecule has 0 radical (unpaired) electrons. The minimum Gasteiger partial charge on any atom is -0.492 e. The molecule has 0 fully saturated rings. The van der Waals surface area contributed by atoms with Gasteiger partial charge in [0.2, 0.25) is 0 Å². The van der Waals surface area contributed by atoms with E-state index in [-0.39, 0.29) is 51.9 Å². The van der Waals surface area contributed by atoms with E-state index < -0.39 is 30.8 Å². The van der Waals surface area contributed by atoms with E-state index in [0.717, 1.165) is 5.56 Å². The number of hydrogen-bond donors (Lipinski definition) is 1. The second-order valence-electron chi connectivity index (χ2n) is 7.90. The minimum atomic E-state index is -4.22. The first-order valence-corrected chi connectivity index (χ1v) is 11.7. The summed E-state index contributed by atoms with van der Waals surface area (Å²) in [5, 5.41) is 9.19. The standard InChI is InChI=1S/C24H36F3NO7/c1-4-18(3)35-23(31)28(12-15-32-14-6-11-24(25,26)27)13-16-34-20-9-7-19(8-10-20)17-21(22(29)30)33-5-2/h7-10,18,21H,4-6,11-17H2,1-3H3,(H,29,30). The zero-order valence-electron chi connectivity index (χ0n) is 20.5. The molecular weight excluding hydrogens is 471 g/mol. The van der Waals surface area contributed by atoms with Gasteiger partial charge in [0.1, 0.15) is 18.5 Å². The van der Waals surface area contributed by atoms with Crippen molar-refractivity contribution in [3.63, 3.8) is 0 Å². The van der Waals surface area contributed by atoms with Crippen molar-refractivity contribution in [1.82, 2.24) is 4.90 Å². The number of nitrogens with zero attached hydrogens (tertiary/aromatic N) is 1. The first kappa shape index (κ1) is 30.5. The van der Waals surface area contributed by atoms with Gasteiger partial charge in [-0.05, 0) is 44.4 Å². The molecule has 11 heteroatoms. The summed E-state index contributed by atoms with van der Waals surface area (Å²) in [6.45, 7) is 6.19. The van der Waals surface area contributed by atoms with Gasteiger partial charge in [0.25, 0.3) is 0 Å². The van der Waals surface area contributed by atoms with E-state index in [1.807, 2.05) is 6.92 Å². The maximum atomic E-state index is 12.4. The largest absolute Gasteiger partial charge is 0.492 e. The second-order valence-corrected chi connectivity index (χ2v) is 7.90. The summed E-state index contributed by atoms with van der Waals surface area (Å²) < 4.78 is 58.1. The number of alkyl halides is 3. The summed E-state index contributed by atoms with van der Waals surface area (Å²) in [6, 6.07) is 6.89. The fourth-order valence-corrected chi connectivity index (χ4v) is 2.90. The predicted molar refractivity (Wildman–Crippen MR) is 123 cm³/mol. The average Bonchev–Trinajstić information content (AvgIpc) is 2.79. The van der Waals surface area contributed by atoms with Gasteiger partial charge in [0, 0.05) is 32.6 Å². The van der Waals surface area contributed by atoms with Crippen molar-refractivity contribution < 1.29 is 46.8 Å². The first-order valence-electron chi connectivity index (χ1n) is 11.7. The average molecular weight is 508 g/mol. The van der Waals surface area contributed by atoms with E-state index in [4.69, 9.17) is 18.9 Å². The summed E-state index contributed by atoms with van der Waals surface area (Å²) in [5.74, 6) is -0.489. The Morgan fingerprint density at radius 3 is 2.29 bits per heavy atom. The third kappa shape index (κ3) is 13.8. The predicted octanol–water partition coefficient (Wildman–Crippen LogP) is 4.69. The molecule has 0 aliphatic rings. The van der Waals surface area contributed by atoms with Crippen molar-refractivity contribution in [3.8, 4) is 5.75 Å². The summed E-state index contributed by atoms with van der Waals surface area (Å²) in [6.07, 6.45) is -6.16. The van der Waals surface area contributed by atoms with Gasteiger partial charge in [0.15, 0.2) is 6.10 Å². The SMILES string of the molecule is CCOC(Cc1ccc(OCCN(CCOCCCC(F)(F)F)C(=O)OC(C)CC)cc1)C(=O)O. The second kappa shape index (κ2) is 16.2. The van der Waals surface area contributed by atoms with Crippen LogP contribution in [0.3, 0.4) is 0 Å². The Labute approximate surface area is 204 Å². The van der Waals surface area contributed by atoms with Gasteiger partial charge >= 0.3 is 18.2 Å². The lowest BCUT2D eigenvalue weighted by Gasteiger charge is -2.24. The van der Waals surface area contributed by atoms with Gasteiger partial charge in [-0.2, -0.15) is 13.2 Å². The molecule has 0 aromatic heterocycles. The molecule has 0 bridgehead atoms. The highest BCUT2D eigenvalue weighted by atomic mass is 19.4. The molecule has 2 unspecified atom stereocenters. The molecule has 8 nitrogen and oxygen atoms in total. The number of rotatable bonds is 17. The van der Waals surface area contributed by atoms with E-state index >= 15 is 0 Å². The Morgan fingerprint density at radius 2 is 1.71 bits per heavy atom. The van der Waals surface area contributed by atoms with Crippen LogP contribution in [0.4, 0.5) is 18.0 Å². The van der Waals surface area contributed by atoms with E-state index in [2.05, 4.69) is 0 Å². The van der Waals surface area contributed by atoms with Crippen molar-refractivity contribution in [2.75, 3.05) is 39.5 Å². The van der Waals surface area contributed by atoms with E-state index in [1.54, 1.807) is 38.1 Å². The van der Waals surface area contributed by atoms with Gasteiger partial charge in [-0.25, -0.2) is 9.59 Å². The molecule has 200 valence electrons. The van der Waals surface area contributed by atoms with Crippen LogP contribution in [0.25, 0.3) is 0 Å². The molecule has 1 aromatic carbocycles. The lowest BCUT2D eigenvalue weighted by atomic mass is 10.1. The summed E-state index contributed by atoms with van der Waals surface area (Å²) in [7, 11) is 0. The summed E-state index contributed by atoms with van der Waals surface area (Å²) in [5.41, 5.74) is 0.777. The molecule has 0 saturated heterocycles. The third-order valence-corrected chi connectivity index (χ3v) is 5.01. The van der Waals surface area contributed by atoms with Crippen LogP contribution >= 0.6 is 0 Å². The number of carbonyl (C=O) groups excluding carboxylic acids is 1. The Balaban J connectivity index is 2.54. The molecule has 0 heterocycles. The Bertz CT molecular complexity index is 744. The van der Waals surface area contributed by atoms with Crippen LogP contribution in [0.5, 0.6) is 5.75 Å². The van der Waals surface area contributed by atoms with Crippen LogP contribution in [0.15, 0.2) is 24.3 Å². The maximum Gasteiger partial charge on any atom is 0.410 e. The first-order chi connectivity index (χ1) is 16.6. The highest BCUT2D eigenvalue weighted by Gasteiger charge is 2.26. The molecule has 1 N–H and O–H groups in total. The van der Waals surface area contributed by atoms with E-state index in [1.165, 1.54) is 4.90 Å². The van der Waals surface area contributed by atoms with Gasteiger partial charge in [0.05, 0.1) is 13.2 Å². The quantitative estimate of drug-likeness (QED) is 0.306. The van der Waals surface area contributed by atoms with Crippen molar-refractivity contribution in [1.29, 1.82) is 0 Å². The number of carboxylic acids is 1. The van der Waals surface area contributed by atoms with E-state index in [0.29, 0.717) is 18.8 Å². The van der Waals surface area contributed by atoms with Gasteiger partial charge in [-0.3, -0.25) is 0 Å². The summed E-state index contributed by atoms with van der Waals surface area (Å²) in [4.78, 5) is 25.1. The lowest BCUT2D eigenvalue weighted by Crippen LogP contribution is -2.39. The number of carbonyl (C=O) groups is 2. The molecule has 0 aliphatic carbocycles. The summed E-state index contributed by atoms with van der Waals surface area (Å²) >= 11 is 0. The number of hydrogen-bond acceptors (Lipinski definition) is 6. The van der Waals surface area contributed by atoms with Crippen LogP contribution in [-0.2, 0) is 25.4 Å². The Kier molecular flexibility index (Phi) is 14.1. The van der Waals surface area contributed by atoms with Crippen molar-refractivity contribution in [3.05, 3.63) is 29.8 Å². The molecule has 1 rings (SSSR count). The van der Waals surface area contributed by atoms with Crippen LogP contribution in [0, 0.1) is 0 Å². The molecule has 35 heavy (non-hydrogen) atoms. The molecular formula is C24H36F3NO7. The smallest absolute Gasteiger partial charge is 0.410 e. The monoisotopic (exact) mass is 507 g/mol. The third-order valence-electron chi connectivity index (χ3n) is 5.01. The zero-order chi connectivity index (χ0) is 26.3. The molecule has 0 aliphatic heterocycles. The molecule has 2 atom stereocenters. The fourth-order valence-electron chi connectivity index (χ4n) is 2.90. The number of carboxylic acid groups (broad SMARTS) is 1. The fraction of sp³-hybridized carbons (Fsp3) is 0.667. The Morgan fingerprint density at radius 1 is 1.06 bits per heavy atom. The normalized spacial score (nSPS) is 13.2.